The summed E-state index contributed by atoms with van der Waals surface area (Å²) in [6.45, 7) is 4.49. The van der Waals surface area contributed by atoms with Crippen molar-refractivity contribution in [2.75, 3.05) is 0 Å². The van der Waals surface area contributed by atoms with Crippen LogP contribution in [0.2, 0.25) is 0 Å². The first kappa shape index (κ1) is 32.5. The van der Waals surface area contributed by atoms with E-state index in [2.05, 4.69) is 86.6 Å². The highest BCUT2D eigenvalue weighted by molar-refractivity contribution is 6.10. The number of hydrogen-bond acceptors (Lipinski definition) is 2. The minimum atomic E-state index is -0.0613. The van der Waals surface area contributed by atoms with E-state index in [1.807, 2.05) is 6.07 Å². The molecule has 0 fully saturated rings. The molecule has 0 spiro atoms. The van der Waals surface area contributed by atoms with E-state index >= 15 is 0 Å². The molecule has 0 heterocycles. The normalized spacial score (nSPS) is 11.3. The molecule has 0 amide bonds. The summed E-state index contributed by atoms with van der Waals surface area (Å²) in [5.41, 5.74) is 6.67. The van der Waals surface area contributed by atoms with Crippen LogP contribution in [0, 0.1) is 10.1 Å². The van der Waals surface area contributed by atoms with E-state index in [0.29, 0.717) is 5.69 Å². The van der Waals surface area contributed by atoms with Crippen molar-refractivity contribution in [1.29, 1.82) is 0 Å². The number of nitro benzene ring substituents is 1. The van der Waals surface area contributed by atoms with Gasteiger partial charge in [-0.15, -0.1) is 0 Å². The summed E-state index contributed by atoms with van der Waals surface area (Å²) in [6, 6.07) is 27.4. The largest absolute Gasteiger partial charge is 0.276 e. The summed E-state index contributed by atoms with van der Waals surface area (Å²) in [5, 5.41) is 15.3. The predicted molar refractivity (Wildman–Crippen MR) is 185 cm³/mol. The third-order valence-electron chi connectivity index (χ3n) is 8.90. The maximum Gasteiger partial charge on any atom is 0.276 e. The molecule has 0 saturated heterocycles. The van der Waals surface area contributed by atoms with Crippen LogP contribution in [0.25, 0.3) is 33.0 Å². The average molecular weight is 578 g/mol. The van der Waals surface area contributed by atoms with Gasteiger partial charge in [0.1, 0.15) is 0 Å². The number of hydrogen-bond donors (Lipinski definition) is 0. The lowest BCUT2D eigenvalue weighted by Crippen LogP contribution is -2.06. The fraction of sp³-hybridized carbons (Fsp3) is 0.450. The van der Waals surface area contributed by atoms with Crippen LogP contribution in [0.15, 0.2) is 78.9 Å². The molecule has 0 bridgehead atoms. The Morgan fingerprint density at radius 1 is 0.535 bits per heavy atom. The van der Waals surface area contributed by atoms with Crippen LogP contribution in [0.1, 0.15) is 115 Å². The van der Waals surface area contributed by atoms with Crippen molar-refractivity contribution in [3.8, 4) is 22.3 Å². The van der Waals surface area contributed by atoms with Crippen LogP contribution in [0.5, 0.6) is 0 Å². The van der Waals surface area contributed by atoms with Crippen LogP contribution in [-0.2, 0) is 12.8 Å². The smallest absolute Gasteiger partial charge is 0.258 e. The van der Waals surface area contributed by atoms with Gasteiger partial charge in [-0.3, -0.25) is 10.1 Å². The minimum Gasteiger partial charge on any atom is -0.258 e. The van der Waals surface area contributed by atoms with Gasteiger partial charge < -0.3 is 0 Å². The Labute approximate surface area is 259 Å². The lowest BCUT2D eigenvalue weighted by molar-refractivity contribution is -0.386. The molecule has 43 heavy (non-hydrogen) atoms. The van der Waals surface area contributed by atoms with Gasteiger partial charge in [-0.1, -0.05) is 170 Å². The van der Waals surface area contributed by atoms with Crippen LogP contribution in [-0.4, -0.2) is 4.92 Å². The summed E-state index contributed by atoms with van der Waals surface area (Å²) in [4.78, 5) is 13.0. The third kappa shape index (κ3) is 8.78. The van der Waals surface area contributed by atoms with E-state index in [0.717, 1.165) is 77.3 Å². The minimum absolute atomic E-state index is 0.0613. The van der Waals surface area contributed by atoms with E-state index in [1.54, 1.807) is 0 Å². The highest BCUT2D eigenvalue weighted by atomic mass is 16.6. The molecular formula is C40H51NO2. The first-order chi connectivity index (χ1) is 21.2. The SMILES string of the molecule is CCCCCCCCCc1c([N+](=O)[O-])c(CCCCCCCCC)c2cccc(-c3ccccc3)c2c1-c1ccccc1. The molecule has 3 nitrogen and oxygen atoms in total. The van der Waals surface area contributed by atoms with Crippen molar-refractivity contribution in [1.82, 2.24) is 0 Å². The van der Waals surface area contributed by atoms with E-state index in [-0.39, 0.29) is 4.92 Å². The lowest BCUT2D eigenvalue weighted by atomic mass is 9.82. The van der Waals surface area contributed by atoms with Gasteiger partial charge in [0.25, 0.3) is 5.69 Å². The third-order valence-corrected chi connectivity index (χ3v) is 8.90. The van der Waals surface area contributed by atoms with Gasteiger partial charge in [-0.25, -0.2) is 0 Å². The standard InChI is InChI=1S/C40H51NO2/c1-3-5-7-9-11-13-21-28-36-35-31-23-30-34(32-24-17-15-18-25-32)39(35)38(33-26-19-16-20-27-33)37(40(36)41(42)43)29-22-14-12-10-8-6-4-2/h15-20,23-27,30-31H,3-14,21-22,28-29H2,1-2H3. The van der Waals surface area contributed by atoms with Gasteiger partial charge in [-0.05, 0) is 53.1 Å². The monoisotopic (exact) mass is 577 g/mol. The topological polar surface area (TPSA) is 43.1 Å². The Kier molecular flexibility index (Phi) is 13.3. The van der Waals surface area contributed by atoms with Gasteiger partial charge in [-0.2, -0.15) is 0 Å². The molecule has 4 aromatic carbocycles. The summed E-state index contributed by atoms with van der Waals surface area (Å²) in [5.74, 6) is 0. The zero-order chi connectivity index (χ0) is 30.3. The average Bonchev–Trinajstić information content (AvgIpc) is 3.04. The maximum absolute atomic E-state index is 13.0. The van der Waals surface area contributed by atoms with E-state index in [1.165, 1.54) is 69.6 Å². The van der Waals surface area contributed by atoms with Gasteiger partial charge in [0.2, 0.25) is 0 Å². The molecule has 4 aromatic rings. The summed E-state index contributed by atoms with van der Waals surface area (Å²) in [6.07, 6.45) is 18.2. The van der Waals surface area contributed by atoms with Gasteiger partial charge in [0, 0.05) is 16.7 Å². The van der Waals surface area contributed by atoms with Crippen LogP contribution in [0.4, 0.5) is 5.69 Å². The van der Waals surface area contributed by atoms with Crippen LogP contribution in [0.3, 0.4) is 0 Å². The summed E-state index contributed by atoms with van der Waals surface area (Å²) >= 11 is 0. The highest BCUT2D eigenvalue weighted by Gasteiger charge is 2.28. The molecule has 0 aliphatic carbocycles. The molecule has 0 aliphatic rings. The van der Waals surface area contributed by atoms with Crippen molar-refractivity contribution in [2.45, 2.75) is 117 Å². The van der Waals surface area contributed by atoms with Gasteiger partial charge in [0.15, 0.2) is 0 Å². The van der Waals surface area contributed by atoms with Crippen molar-refractivity contribution in [2.24, 2.45) is 0 Å². The molecule has 228 valence electrons. The van der Waals surface area contributed by atoms with Crippen molar-refractivity contribution < 1.29 is 4.92 Å². The van der Waals surface area contributed by atoms with Crippen molar-refractivity contribution in [3.63, 3.8) is 0 Å². The Morgan fingerprint density at radius 2 is 1.02 bits per heavy atom. The fourth-order valence-corrected chi connectivity index (χ4v) is 6.67. The number of nitro groups is 1. The fourth-order valence-electron chi connectivity index (χ4n) is 6.67. The number of aryl methyl sites for hydroxylation is 1. The maximum atomic E-state index is 13.0. The van der Waals surface area contributed by atoms with Crippen molar-refractivity contribution >= 4 is 16.5 Å². The van der Waals surface area contributed by atoms with Gasteiger partial charge >= 0.3 is 0 Å². The zero-order valence-corrected chi connectivity index (χ0v) is 26.6. The van der Waals surface area contributed by atoms with Crippen LogP contribution < -0.4 is 0 Å². The van der Waals surface area contributed by atoms with E-state index in [4.69, 9.17) is 0 Å². The van der Waals surface area contributed by atoms with E-state index < -0.39 is 0 Å². The Balaban J connectivity index is 1.84. The Morgan fingerprint density at radius 3 is 1.56 bits per heavy atom. The second-order valence-electron chi connectivity index (χ2n) is 12.1. The Hall–Kier alpha value is -3.46. The number of benzene rings is 4. The second-order valence-corrected chi connectivity index (χ2v) is 12.1. The molecule has 0 N–H and O–H groups in total. The molecule has 0 atom stereocenters. The second kappa shape index (κ2) is 17.6. The van der Waals surface area contributed by atoms with E-state index in [9.17, 15) is 10.1 Å². The number of unbranched alkanes of at least 4 members (excludes halogenated alkanes) is 12. The molecule has 3 heteroatoms. The number of fused-ring (bicyclic) bond motifs is 1. The quantitative estimate of drug-likeness (QED) is 0.0632. The lowest BCUT2D eigenvalue weighted by Gasteiger charge is -2.21. The predicted octanol–water partition coefficient (Wildman–Crippen LogP) is 12.7. The molecule has 0 aromatic heterocycles. The zero-order valence-electron chi connectivity index (χ0n) is 26.6. The highest BCUT2D eigenvalue weighted by Crippen LogP contribution is 2.46. The van der Waals surface area contributed by atoms with Crippen molar-refractivity contribution in [3.05, 3.63) is 100 Å². The first-order valence-corrected chi connectivity index (χ1v) is 17.0. The molecule has 0 unspecified atom stereocenters. The molecule has 4 rings (SSSR count). The first-order valence-electron chi connectivity index (χ1n) is 17.0. The summed E-state index contributed by atoms with van der Waals surface area (Å²) < 4.78 is 0. The number of rotatable bonds is 19. The summed E-state index contributed by atoms with van der Waals surface area (Å²) in [7, 11) is 0. The number of nitrogens with zero attached hydrogens (tertiary/aromatic N) is 1. The molecular weight excluding hydrogens is 526 g/mol. The molecule has 0 radical (unpaired) electrons. The Bertz CT molecular complexity index is 1410. The molecule has 0 aliphatic heterocycles. The molecule has 0 saturated carbocycles. The van der Waals surface area contributed by atoms with Crippen LogP contribution >= 0.6 is 0 Å². The van der Waals surface area contributed by atoms with Gasteiger partial charge in [0.05, 0.1) is 4.92 Å².